The van der Waals surface area contributed by atoms with Gasteiger partial charge in [-0.1, -0.05) is 6.07 Å². The van der Waals surface area contributed by atoms with Crippen molar-refractivity contribution in [2.24, 2.45) is 5.73 Å². The molecule has 0 spiro atoms. The van der Waals surface area contributed by atoms with Crippen LogP contribution in [0.3, 0.4) is 0 Å². The van der Waals surface area contributed by atoms with Gasteiger partial charge in [0.2, 0.25) is 5.89 Å². The first-order chi connectivity index (χ1) is 9.26. The fourth-order valence-electron chi connectivity index (χ4n) is 2.01. The molecule has 2 N–H and O–H groups in total. The minimum absolute atomic E-state index is 0.273. The molecule has 2 aromatic carbocycles. The maximum atomic E-state index is 12.9. The zero-order valence-electron chi connectivity index (χ0n) is 10.3. The molecule has 0 bridgehead atoms. The largest absolute Gasteiger partial charge is 0.436 e. The Morgan fingerprint density at radius 2 is 1.89 bits per heavy atom. The molecule has 1 heterocycles. The highest BCUT2D eigenvalue weighted by Gasteiger charge is 2.08. The van der Waals surface area contributed by atoms with Crippen LogP contribution in [0.5, 0.6) is 0 Å². The third kappa shape index (κ3) is 2.35. The van der Waals surface area contributed by atoms with Gasteiger partial charge in [-0.25, -0.2) is 9.37 Å². The summed E-state index contributed by atoms with van der Waals surface area (Å²) in [6.45, 7) is 0.605. The Labute approximate surface area is 109 Å². The van der Waals surface area contributed by atoms with Crippen molar-refractivity contribution in [2.45, 2.75) is 6.42 Å². The van der Waals surface area contributed by atoms with Gasteiger partial charge in [0.25, 0.3) is 0 Å². The maximum absolute atomic E-state index is 12.9. The highest BCUT2D eigenvalue weighted by atomic mass is 19.1. The van der Waals surface area contributed by atoms with Gasteiger partial charge in [-0.2, -0.15) is 0 Å². The number of oxazole rings is 1. The van der Waals surface area contributed by atoms with Gasteiger partial charge in [0.15, 0.2) is 5.58 Å². The van der Waals surface area contributed by atoms with Gasteiger partial charge >= 0.3 is 0 Å². The SMILES string of the molecule is NCCc1ccc2oc(-c3ccc(F)cc3)nc2c1. The van der Waals surface area contributed by atoms with E-state index in [4.69, 9.17) is 10.2 Å². The van der Waals surface area contributed by atoms with Gasteiger partial charge in [0, 0.05) is 5.56 Å². The molecule has 19 heavy (non-hydrogen) atoms. The van der Waals surface area contributed by atoms with E-state index in [2.05, 4.69) is 4.98 Å². The van der Waals surface area contributed by atoms with E-state index >= 15 is 0 Å². The molecule has 4 heteroatoms. The molecular formula is C15H13FN2O. The van der Waals surface area contributed by atoms with Crippen LogP contribution in [0.2, 0.25) is 0 Å². The molecular weight excluding hydrogens is 243 g/mol. The summed E-state index contributed by atoms with van der Waals surface area (Å²) < 4.78 is 18.5. The summed E-state index contributed by atoms with van der Waals surface area (Å²) in [5, 5.41) is 0. The van der Waals surface area contributed by atoms with Crippen molar-refractivity contribution in [3.63, 3.8) is 0 Å². The van der Waals surface area contributed by atoms with Crippen LogP contribution in [0.1, 0.15) is 5.56 Å². The van der Waals surface area contributed by atoms with Gasteiger partial charge in [0.05, 0.1) is 0 Å². The molecule has 96 valence electrons. The third-order valence-electron chi connectivity index (χ3n) is 2.98. The van der Waals surface area contributed by atoms with E-state index in [0.717, 1.165) is 28.6 Å². The predicted molar refractivity (Wildman–Crippen MR) is 72.2 cm³/mol. The predicted octanol–water partition coefficient (Wildman–Crippen LogP) is 3.14. The first-order valence-electron chi connectivity index (χ1n) is 6.12. The lowest BCUT2D eigenvalue weighted by molar-refractivity contribution is 0.616. The summed E-state index contributed by atoms with van der Waals surface area (Å²) >= 11 is 0. The minimum atomic E-state index is -0.273. The average Bonchev–Trinajstić information content (AvgIpc) is 2.83. The lowest BCUT2D eigenvalue weighted by Crippen LogP contribution is -2.02. The van der Waals surface area contributed by atoms with Crippen molar-refractivity contribution in [2.75, 3.05) is 6.54 Å². The lowest BCUT2D eigenvalue weighted by Gasteiger charge is -1.95. The second-order valence-corrected chi connectivity index (χ2v) is 4.37. The van der Waals surface area contributed by atoms with Crippen LogP contribution in [-0.4, -0.2) is 11.5 Å². The topological polar surface area (TPSA) is 52.0 Å². The molecule has 3 aromatic rings. The molecule has 0 atom stereocenters. The highest BCUT2D eigenvalue weighted by molar-refractivity contribution is 5.76. The quantitative estimate of drug-likeness (QED) is 0.783. The average molecular weight is 256 g/mol. The summed E-state index contributed by atoms with van der Waals surface area (Å²) in [6.07, 6.45) is 0.814. The van der Waals surface area contributed by atoms with Crippen molar-refractivity contribution in [3.8, 4) is 11.5 Å². The van der Waals surface area contributed by atoms with Gasteiger partial charge in [-0.15, -0.1) is 0 Å². The number of benzene rings is 2. The molecule has 0 aliphatic rings. The fourth-order valence-corrected chi connectivity index (χ4v) is 2.01. The normalized spacial score (nSPS) is 11.1. The number of fused-ring (bicyclic) bond motifs is 1. The van der Waals surface area contributed by atoms with Crippen molar-refractivity contribution in [1.29, 1.82) is 0 Å². The van der Waals surface area contributed by atoms with E-state index in [1.54, 1.807) is 12.1 Å². The maximum Gasteiger partial charge on any atom is 0.227 e. The van der Waals surface area contributed by atoms with Crippen LogP contribution in [0.4, 0.5) is 4.39 Å². The molecule has 0 amide bonds. The molecule has 0 aliphatic carbocycles. The molecule has 1 aromatic heterocycles. The van der Waals surface area contributed by atoms with Crippen molar-refractivity contribution in [1.82, 2.24) is 4.98 Å². The summed E-state index contributed by atoms with van der Waals surface area (Å²) in [5.41, 5.74) is 8.95. The Kier molecular flexibility index (Phi) is 3.01. The fraction of sp³-hybridized carbons (Fsp3) is 0.133. The standard InChI is InChI=1S/C15H13FN2O/c16-12-4-2-11(3-5-12)15-18-13-9-10(7-8-17)1-6-14(13)19-15/h1-6,9H,7-8,17H2. The van der Waals surface area contributed by atoms with E-state index in [-0.39, 0.29) is 5.82 Å². The van der Waals surface area contributed by atoms with Crippen LogP contribution < -0.4 is 5.73 Å². The minimum Gasteiger partial charge on any atom is -0.436 e. The summed E-state index contributed by atoms with van der Waals surface area (Å²) in [6, 6.07) is 11.9. The number of hydrogen-bond acceptors (Lipinski definition) is 3. The van der Waals surface area contributed by atoms with E-state index in [0.29, 0.717) is 12.4 Å². The Bertz CT molecular complexity index is 704. The van der Waals surface area contributed by atoms with Crippen LogP contribution in [0, 0.1) is 5.82 Å². The van der Waals surface area contributed by atoms with Gasteiger partial charge in [-0.3, -0.25) is 0 Å². The van der Waals surface area contributed by atoms with Crippen molar-refractivity contribution in [3.05, 3.63) is 53.8 Å². The van der Waals surface area contributed by atoms with E-state index in [1.165, 1.54) is 12.1 Å². The van der Waals surface area contributed by atoms with Crippen LogP contribution in [-0.2, 0) is 6.42 Å². The Hall–Kier alpha value is -2.20. The van der Waals surface area contributed by atoms with E-state index < -0.39 is 0 Å². The van der Waals surface area contributed by atoms with Gasteiger partial charge < -0.3 is 10.2 Å². The number of nitrogens with zero attached hydrogens (tertiary/aromatic N) is 1. The second kappa shape index (κ2) is 4.82. The van der Waals surface area contributed by atoms with Crippen molar-refractivity contribution >= 4 is 11.1 Å². The summed E-state index contributed by atoms with van der Waals surface area (Å²) in [5.74, 6) is 0.227. The molecule has 0 aliphatic heterocycles. The smallest absolute Gasteiger partial charge is 0.227 e. The Morgan fingerprint density at radius 3 is 2.63 bits per heavy atom. The van der Waals surface area contributed by atoms with Gasteiger partial charge in [0.1, 0.15) is 11.3 Å². The first kappa shape index (κ1) is 11.9. The van der Waals surface area contributed by atoms with E-state index in [1.807, 2.05) is 18.2 Å². The zero-order chi connectivity index (χ0) is 13.2. The van der Waals surface area contributed by atoms with Crippen molar-refractivity contribution < 1.29 is 8.81 Å². The lowest BCUT2D eigenvalue weighted by atomic mass is 10.1. The van der Waals surface area contributed by atoms with E-state index in [9.17, 15) is 4.39 Å². The monoisotopic (exact) mass is 256 g/mol. The van der Waals surface area contributed by atoms with Crippen LogP contribution in [0.25, 0.3) is 22.6 Å². The highest BCUT2D eigenvalue weighted by Crippen LogP contribution is 2.25. The summed E-state index contributed by atoms with van der Waals surface area (Å²) in [7, 11) is 0. The molecule has 0 fully saturated rings. The molecule has 0 saturated carbocycles. The summed E-state index contributed by atoms with van der Waals surface area (Å²) in [4.78, 5) is 4.43. The molecule has 0 unspecified atom stereocenters. The second-order valence-electron chi connectivity index (χ2n) is 4.37. The Balaban J connectivity index is 2.03. The molecule has 3 nitrogen and oxygen atoms in total. The number of halogens is 1. The number of rotatable bonds is 3. The van der Waals surface area contributed by atoms with Crippen LogP contribution >= 0.6 is 0 Å². The molecule has 3 rings (SSSR count). The van der Waals surface area contributed by atoms with Crippen LogP contribution in [0.15, 0.2) is 46.9 Å². The number of hydrogen-bond donors (Lipinski definition) is 1. The zero-order valence-corrected chi connectivity index (χ0v) is 10.3. The first-order valence-corrected chi connectivity index (χ1v) is 6.12. The number of aromatic nitrogens is 1. The molecule has 0 saturated heterocycles. The number of nitrogens with two attached hydrogens (primary N) is 1. The third-order valence-corrected chi connectivity index (χ3v) is 2.98. The van der Waals surface area contributed by atoms with Gasteiger partial charge in [-0.05, 0) is 54.9 Å². The molecule has 0 radical (unpaired) electrons. The Morgan fingerprint density at radius 1 is 1.11 bits per heavy atom.